The van der Waals surface area contributed by atoms with Gasteiger partial charge in [0.05, 0.1) is 7.11 Å². The molecular formula is C16H24F2IN3O2. The summed E-state index contributed by atoms with van der Waals surface area (Å²) in [5.74, 6) is 2.18. The Morgan fingerprint density at radius 3 is 2.67 bits per heavy atom. The Morgan fingerprint density at radius 2 is 2.08 bits per heavy atom. The van der Waals surface area contributed by atoms with Crippen molar-refractivity contribution in [2.24, 2.45) is 10.9 Å². The van der Waals surface area contributed by atoms with Crippen LogP contribution in [0, 0.1) is 5.92 Å². The predicted octanol–water partition coefficient (Wildman–Crippen LogP) is 3.38. The van der Waals surface area contributed by atoms with Gasteiger partial charge in [0.15, 0.2) is 5.96 Å². The molecule has 24 heavy (non-hydrogen) atoms. The highest BCUT2D eigenvalue weighted by Gasteiger charge is 2.20. The summed E-state index contributed by atoms with van der Waals surface area (Å²) in [5, 5.41) is 6.32. The number of nitrogens with zero attached hydrogens (tertiary/aromatic N) is 1. The number of aliphatic imine (C=N–C) groups is 1. The maximum Gasteiger partial charge on any atom is 0.387 e. The fraction of sp³-hybridized carbons (Fsp3) is 0.562. The third-order valence-electron chi connectivity index (χ3n) is 3.70. The molecule has 1 fully saturated rings. The molecule has 0 spiro atoms. The minimum atomic E-state index is -2.86. The summed E-state index contributed by atoms with van der Waals surface area (Å²) in [4.78, 5) is 4.13. The van der Waals surface area contributed by atoms with Gasteiger partial charge >= 0.3 is 6.61 Å². The van der Waals surface area contributed by atoms with Crippen LogP contribution in [0.2, 0.25) is 0 Å². The predicted molar refractivity (Wildman–Crippen MR) is 101 cm³/mol. The van der Waals surface area contributed by atoms with Gasteiger partial charge in [-0.25, -0.2) is 0 Å². The highest BCUT2D eigenvalue weighted by Crippen LogP contribution is 2.31. The first-order chi connectivity index (χ1) is 11.1. The van der Waals surface area contributed by atoms with Gasteiger partial charge in [0, 0.05) is 25.7 Å². The number of nitrogens with one attached hydrogen (secondary N) is 2. The van der Waals surface area contributed by atoms with Gasteiger partial charge in [0.2, 0.25) is 0 Å². The van der Waals surface area contributed by atoms with Crippen molar-refractivity contribution in [1.29, 1.82) is 0 Å². The first-order valence-electron chi connectivity index (χ1n) is 7.68. The zero-order chi connectivity index (χ0) is 16.7. The van der Waals surface area contributed by atoms with E-state index in [2.05, 4.69) is 20.4 Å². The van der Waals surface area contributed by atoms with Gasteiger partial charge in [0.25, 0.3) is 0 Å². The number of hydrogen-bond acceptors (Lipinski definition) is 3. The van der Waals surface area contributed by atoms with E-state index >= 15 is 0 Å². The molecule has 5 nitrogen and oxygen atoms in total. The van der Waals surface area contributed by atoms with Gasteiger partial charge in [0.1, 0.15) is 11.5 Å². The van der Waals surface area contributed by atoms with Crippen molar-refractivity contribution < 1.29 is 18.3 Å². The van der Waals surface area contributed by atoms with Crippen LogP contribution >= 0.6 is 24.0 Å². The van der Waals surface area contributed by atoms with Crippen LogP contribution in [0.25, 0.3) is 0 Å². The second-order valence-electron chi connectivity index (χ2n) is 5.44. The molecule has 2 N–H and O–H groups in total. The minimum Gasteiger partial charge on any atom is -0.497 e. The Morgan fingerprint density at radius 1 is 1.33 bits per heavy atom. The third kappa shape index (κ3) is 7.06. The fourth-order valence-electron chi connectivity index (χ4n) is 2.23. The average Bonchev–Trinajstić information content (AvgIpc) is 3.35. The molecule has 0 aromatic heterocycles. The molecule has 136 valence electrons. The Bertz CT molecular complexity index is 540. The van der Waals surface area contributed by atoms with E-state index in [1.165, 1.54) is 26.0 Å². The molecule has 1 aromatic carbocycles. The smallest absolute Gasteiger partial charge is 0.387 e. The van der Waals surface area contributed by atoms with Crippen molar-refractivity contribution in [3.63, 3.8) is 0 Å². The SMILES string of the molecule is CN=C(NCCC1CC1)NCc1cc(OC)ccc1OC(F)F.I. The van der Waals surface area contributed by atoms with Crippen LogP contribution in [0.4, 0.5) is 8.78 Å². The summed E-state index contributed by atoms with van der Waals surface area (Å²) in [6.07, 6.45) is 3.75. The van der Waals surface area contributed by atoms with E-state index in [4.69, 9.17) is 4.74 Å². The Labute approximate surface area is 158 Å². The monoisotopic (exact) mass is 455 g/mol. The number of halogens is 3. The lowest BCUT2D eigenvalue weighted by Gasteiger charge is -2.15. The number of guanidine groups is 1. The van der Waals surface area contributed by atoms with Crippen molar-refractivity contribution >= 4 is 29.9 Å². The van der Waals surface area contributed by atoms with E-state index in [0.717, 1.165) is 18.9 Å². The lowest BCUT2D eigenvalue weighted by molar-refractivity contribution is -0.0504. The van der Waals surface area contributed by atoms with Gasteiger partial charge in [-0.1, -0.05) is 12.8 Å². The molecule has 0 atom stereocenters. The van der Waals surface area contributed by atoms with Crippen molar-refractivity contribution in [1.82, 2.24) is 10.6 Å². The lowest BCUT2D eigenvalue weighted by atomic mass is 10.2. The molecule has 0 amide bonds. The van der Waals surface area contributed by atoms with Gasteiger partial charge in [-0.3, -0.25) is 4.99 Å². The molecule has 2 rings (SSSR count). The summed E-state index contributed by atoms with van der Waals surface area (Å²) in [6.45, 7) is -1.70. The molecular weight excluding hydrogens is 431 g/mol. The van der Waals surface area contributed by atoms with E-state index < -0.39 is 6.61 Å². The van der Waals surface area contributed by atoms with Crippen molar-refractivity contribution in [3.8, 4) is 11.5 Å². The van der Waals surface area contributed by atoms with E-state index in [1.807, 2.05) is 0 Å². The maximum absolute atomic E-state index is 12.5. The quantitative estimate of drug-likeness (QED) is 0.359. The topological polar surface area (TPSA) is 54.9 Å². The summed E-state index contributed by atoms with van der Waals surface area (Å²) in [5.41, 5.74) is 0.579. The highest BCUT2D eigenvalue weighted by molar-refractivity contribution is 14.0. The molecule has 0 aliphatic heterocycles. The minimum absolute atomic E-state index is 0. The largest absolute Gasteiger partial charge is 0.497 e. The Hall–Kier alpha value is -1.32. The molecule has 1 aromatic rings. The molecule has 1 saturated carbocycles. The summed E-state index contributed by atoms with van der Waals surface area (Å²) in [6, 6.07) is 4.73. The lowest BCUT2D eigenvalue weighted by Crippen LogP contribution is -2.37. The number of benzene rings is 1. The van der Waals surface area contributed by atoms with Crippen LogP contribution in [0.1, 0.15) is 24.8 Å². The number of ether oxygens (including phenoxy) is 2. The second-order valence-corrected chi connectivity index (χ2v) is 5.44. The zero-order valence-corrected chi connectivity index (χ0v) is 16.2. The highest BCUT2D eigenvalue weighted by atomic mass is 127. The van der Waals surface area contributed by atoms with E-state index in [1.54, 1.807) is 19.2 Å². The third-order valence-corrected chi connectivity index (χ3v) is 3.70. The van der Waals surface area contributed by atoms with Gasteiger partial charge in [-0.15, -0.1) is 24.0 Å². The van der Waals surface area contributed by atoms with E-state index in [-0.39, 0.29) is 29.7 Å². The zero-order valence-electron chi connectivity index (χ0n) is 13.9. The summed E-state index contributed by atoms with van der Waals surface area (Å²) >= 11 is 0. The van der Waals surface area contributed by atoms with Crippen LogP contribution in [0.15, 0.2) is 23.2 Å². The summed E-state index contributed by atoms with van der Waals surface area (Å²) < 4.78 is 34.6. The molecule has 8 heteroatoms. The normalized spacial score (nSPS) is 14.1. The standard InChI is InChI=1S/C16H23F2N3O2.HI/c1-19-16(20-8-7-11-3-4-11)21-10-12-9-13(22-2)5-6-14(12)23-15(17)18;/h5-6,9,11,15H,3-4,7-8,10H2,1-2H3,(H2,19,20,21);1H. The van der Waals surface area contributed by atoms with Crippen molar-refractivity contribution in [2.45, 2.75) is 32.4 Å². The number of alkyl halides is 2. The van der Waals surface area contributed by atoms with Crippen LogP contribution in [0.5, 0.6) is 11.5 Å². The first-order valence-corrected chi connectivity index (χ1v) is 7.68. The van der Waals surface area contributed by atoms with Crippen LogP contribution < -0.4 is 20.1 Å². The first kappa shape index (κ1) is 20.7. The molecule has 0 saturated heterocycles. The average molecular weight is 455 g/mol. The molecule has 0 unspecified atom stereocenters. The number of hydrogen-bond donors (Lipinski definition) is 2. The van der Waals surface area contributed by atoms with Crippen molar-refractivity contribution in [3.05, 3.63) is 23.8 Å². The van der Waals surface area contributed by atoms with Gasteiger partial charge < -0.3 is 20.1 Å². The molecule has 1 aliphatic rings. The summed E-state index contributed by atoms with van der Waals surface area (Å²) in [7, 11) is 3.20. The number of methoxy groups -OCH3 is 1. The maximum atomic E-state index is 12.5. The Balaban J connectivity index is 0.00000288. The molecule has 0 bridgehead atoms. The van der Waals surface area contributed by atoms with Crippen LogP contribution in [0.3, 0.4) is 0 Å². The number of rotatable bonds is 8. The van der Waals surface area contributed by atoms with E-state index in [0.29, 0.717) is 23.8 Å². The van der Waals surface area contributed by atoms with Gasteiger partial charge in [-0.05, 0) is 30.5 Å². The second kappa shape index (κ2) is 10.5. The molecule has 0 radical (unpaired) electrons. The van der Waals surface area contributed by atoms with Crippen LogP contribution in [-0.2, 0) is 6.54 Å². The van der Waals surface area contributed by atoms with Crippen LogP contribution in [-0.4, -0.2) is 33.3 Å². The van der Waals surface area contributed by atoms with Gasteiger partial charge in [-0.2, -0.15) is 8.78 Å². The molecule has 1 aliphatic carbocycles. The fourth-order valence-corrected chi connectivity index (χ4v) is 2.23. The van der Waals surface area contributed by atoms with E-state index in [9.17, 15) is 8.78 Å². The molecule has 0 heterocycles. The van der Waals surface area contributed by atoms with Crippen molar-refractivity contribution in [2.75, 3.05) is 20.7 Å². The Kier molecular flexibility index (Phi) is 9.09.